The van der Waals surface area contributed by atoms with E-state index >= 15 is 0 Å². The summed E-state index contributed by atoms with van der Waals surface area (Å²) in [5.74, 6) is -0.0267. The maximum Gasteiger partial charge on any atom is 0.416 e. The second-order valence-corrected chi connectivity index (χ2v) is 5.58. The van der Waals surface area contributed by atoms with Crippen molar-refractivity contribution in [2.75, 3.05) is 0 Å². The van der Waals surface area contributed by atoms with Gasteiger partial charge in [0, 0.05) is 0 Å². The highest BCUT2D eigenvalue weighted by atomic mass is 19.4. The van der Waals surface area contributed by atoms with Crippen molar-refractivity contribution < 1.29 is 26.3 Å². The van der Waals surface area contributed by atoms with Crippen LogP contribution in [0.1, 0.15) is 17.0 Å². The first-order valence-corrected chi connectivity index (χ1v) is 7.27. The Morgan fingerprint density at radius 2 is 1.42 bits per heavy atom. The molecule has 0 spiro atoms. The van der Waals surface area contributed by atoms with Gasteiger partial charge >= 0.3 is 12.4 Å². The van der Waals surface area contributed by atoms with E-state index in [1.54, 1.807) is 6.07 Å². The van der Waals surface area contributed by atoms with Crippen molar-refractivity contribution in [3.63, 3.8) is 0 Å². The van der Waals surface area contributed by atoms with E-state index in [2.05, 4.69) is 4.98 Å². The highest BCUT2D eigenvalue weighted by Gasteiger charge is 2.37. The molecule has 3 aromatic rings. The molecule has 0 saturated carbocycles. The number of aromatic nitrogens is 2. The third-order valence-electron chi connectivity index (χ3n) is 3.77. The summed E-state index contributed by atoms with van der Waals surface area (Å²) in [4.78, 5) is 16.7. The second kappa shape index (κ2) is 5.86. The summed E-state index contributed by atoms with van der Waals surface area (Å²) in [5.41, 5.74) is -3.99. The monoisotopic (exact) mass is 372 g/mol. The van der Waals surface area contributed by atoms with Crippen LogP contribution in [0.4, 0.5) is 26.3 Å². The van der Waals surface area contributed by atoms with Crippen molar-refractivity contribution in [1.82, 2.24) is 9.55 Å². The lowest BCUT2D eigenvalue weighted by Crippen LogP contribution is -2.23. The SMILES string of the molecule is Cc1nc2ccccc2c(=O)n1-c1cc(C(F)(F)F)cc(C(F)(F)F)c1. The molecular formula is C17H10F6N2O. The molecule has 3 nitrogen and oxygen atoms in total. The zero-order chi connectivity index (χ0) is 19.3. The molecule has 9 heteroatoms. The van der Waals surface area contributed by atoms with E-state index in [4.69, 9.17) is 0 Å². The van der Waals surface area contributed by atoms with Gasteiger partial charge in [-0.3, -0.25) is 9.36 Å². The molecule has 0 bridgehead atoms. The predicted octanol–water partition coefficient (Wildman–Crippen LogP) is 4.73. The quantitative estimate of drug-likeness (QED) is 0.579. The van der Waals surface area contributed by atoms with E-state index in [9.17, 15) is 31.1 Å². The van der Waals surface area contributed by atoms with Crippen LogP contribution in [-0.2, 0) is 12.4 Å². The number of benzene rings is 2. The average Bonchev–Trinajstić information content (AvgIpc) is 2.53. The fourth-order valence-corrected chi connectivity index (χ4v) is 2.62. The summed E-state index contributed by atoms with van der Waals surface area (Å²) in [6, 6.07) is 7.09. The number of hydrogen-bond donors (Lipinski definition) is 0. The molecule has 0 fully saturated rings. The van der Waals surface area contributed by atoms with E-state index in [0.29, 0.717) is 17.6 Å². The first kappa shape index (κ1) is 18.0. The number of alkyl halides is 6. The van der Waals surface area contributed by atoms with Gasteiger partial charge in [-0.05, 0) is 37.3 Å². The van der Waals surface area contributed by atoms with Crippen molar-refractivity contribution in [2.45, 2.75) is 19.3 Å². The van der Waals surface area contributed by atoms with Crippen LogP contribution in [0.2, 0.25) is 0 Å². The molecule has 0 saturated heterocycles. The minimum atomic E-state index is -5.00. The molecule has 0 radical (unpaired) electrons. The van der Waals surface area contributed by atoms with Crippen molar-refractivity contribution >= 4 is 10.9 Å². The number of fused-ring (bicyclic) bond motifs is 1. The summed E-state index contributed by atoms with van der Waals surface area (Å²) in [6.07, 6.45) is -10.0. The first-order valence-electron chi connectivity index (χ1n) is 7.27. The summed E-state index contributed by atoms with van der Waals surface area (Å²) in [6.45, 7) is 1.33. The van der Waals surface area contributed by atoms with E-state index < -0.39 is 34.7 Å². The van der Waals surface area contributed by atoms with Crippen molar-refractivity contribution in [3.8, 4) is 5.69 Å². The van der Waals surface area contributed by atoms with Crippen LogP contribution < -0.4 is 5.56 Å². The zero-order valence-corrected chi connectivity index (χ0v) is 13.1. The molecule has 26 heavy (non-hydrogen) atoms. The normalized spacial score (nSPS) is 12.6. The Bertz CT molecular complexity index is 1020. The van der Waals surface area contributed by atoms with Crippen LogP contribution in [0.5, 0.6) is 0 Å². The highest BCUT2D eigenvalue weighted by Crippen LogP contribution is 2.37. The minimum Gasteiger partial charge on any atom is -0.268 e. The number of aryl methyl sites for hydroxylation is 1. The fourth-order valence-electron chi connectivity index (χ4n) is 2.62. The van der Waals surface area contributed by atoms with Gasteiger partial charge in [0.2, 0.25) is 0 Å². The molecule has 0 atom stereocenters. The van der Waals surface area contributed by atoms with Crippen LogP contribution in [0.15, 0.2) is 47.3 Å². The molecule has 2 aromatic carbocycles. The van der Waals surface area contributed by atoms with Crippen LogP contribution in [0, 0.1) is 6.92 Å². The van der Waals surface area contributed by atoms with Gasteiger partial charge in [0.1, 0.15) is 5.82 Å². The van der Waals surface area contributed by atoms with Gasteiger partial charge in [-0.15, -0.1) is 0 Å². The lowest BCUT2D eigenvalue weighted by atomic mass is 10.1. The van der Waals surface area contributed by atoms with Gasteiger partial charge in [0.25, 0.3) is 5.56 Å². The summed E-state index contributed by atoms with van der Waals surface area (Å²) in [7, 11) is 0. The molecule has 136 valence electrons. The summed E-state index contributed by atoms with van der Waals surface area (Å²) >= 11 is 0. The maximum atomic E-state index is 13.0. The Kier molecular flexibility index (Phi) is 4.05. The smallest absolute Gasteiger partial charge is 0.268 e. The van der Waals surface area contributed by atoms with Gasteiger partial charge in [-0.2, -0.15) is 26.3 Å². The maximum absolute atomic E-state index is 13.0. The third-order valence-corrected chi connectivity index (χ3v) is 3.77. The van der Waals surface area contributed by atoms with Gasteiger partial charge < -0.3 is 0 Å². The standard InChI is InChI=1S/C17H10F6N2O/c1-9-24-14-5-3-2-4-13(14)15(26)25(9)12-7-10(16(18,19)20)6-11(8-12)17(21,22)23/h2-8H,1H3. The first-order chi connectivity index (χ1) is 12.0. The molecular weight excluding hydrogens is 362 g/mol. The average molecular weight is 372 g/mol. The molecule has 0 N–H and O–H groups in total. The van der Waals surface area contributed by atoms with E-state index in [1.165, 1.54) is 25.1 Å². The summed E-state index contributed by atoms with van der Waals surface area (Å²) in [5, 5.41) is 0.0871. The molecule has 3 rings (SSSR count). The Morgan fingerprint density at radius 1 is 0.885 bits per heavy atom. The number of halogens is 6. The van der Waals surface area contributed by atoms with Crippen molar-refractivity contribution in [2.24, 2.45) is 0 Å². The number of rotatable bonds is 1. The molecule has 1 aromatic heterocycles. The van der Waals surface area contributed by atoms with Crippen molar-refractivity contribution in [1.29, 1.82) is 0 Å². The van der Waals surface area contributed by atoms with Gasteiger partial charge in [-0.1, -0.05) is 12.1 Å². The van der Waals surface area contributed by atoms with Crippen LogP contribution in [0.25, 0.3) is 16.6 Å². The van der Waals surface area contributed by atoms with Crippen LogP contribution in [0.3, 0.4) is 0 Å². The highest BCUT2D eigenvalue weighted by molar-refractivity contribution is 5.77. The Hall–Kier alpha value is -2.84. The Balaban J connectivity index is 2.37. The molecule has 1 heterocycles. The topological polar surface area (TPSA) is 34.9 Å². The number of hydrogen-bond acceptors (Lipinski definition) is 2. The molecule has 0 aliphatic rings. The number of nitrogens with zero attached hydrogens (tertiary/aromatic N) is 2. The van der Waals surface area contributed by atoms with Crippen LogP contribution in [-0.4, -0.2) is 9.55 Å². The molecule has 0 unspecified atom stereocenters. The van der Waals surface area contributed by atoms with E-state index in [0.717, 1.165) is 4.57 Å². The zero-order valence-electron chi connectivity index (χ0n) is 13.1. The molecule has 0 aliphatic heterocycles. The fraction of sp³-hybridized carbons (Fsp3) is 0.176. The van der Waals surface area contributed by atoms with Crippen LogP contribution >= 0.6 is 0 Å². The van der Waals surface area contributed by atoms with Gasteiger partial charge in [-0.25, -0.2) is 4.98 Å². The summed E-state index contributed by atoms with van der Waals surface area (Å²) < 4.78 is 79.0. The molecule has 0 amide bonds. The lowest BCUT2D eigenvalue weighted by molar-refractivity contribution is -0.143. The van der Waals surface area contributed by atoms with Gasteiger partial charge in [0.05, 0.1) is 27.7 Å². The van der Waals surface area contributed by atoms with Gasteiger partial charge in [0.15, 0.2) is 0 Å². The number of para-hydroxylation sites is 1. The minimum absolute atomic E-state index is 0.0122. The largest absolute Gasteiger partial charge is 0.416 e. The predicted molar refractivity (Wildman–Crippen MR) is 82.1 cm³/mol. The molecule has 0 aliphatic carbocycles. The van der Waals surface area contributed by atoms with Crippen molar-refractivity contribution in [3.05, 3.63) is 69.8 Å². The van der Waals surface area contributed by atoms with E-state index in [-0.39, 0.29) is 17.3 Å². The second-order valence-electron chi connectivity index (χ2n) is 5.58. The lowest BCUT2D eigenvalue weighted by Gasteiger charge is -2.16. The Morgan fingerprint density at radius 3 is 1.96 bits per heavy atom. The van der Waals surface area contributed by atoms with E-state index in [1.807, 2.05) is 0 Å². The Labute approximate surface area is 142 Å². The third kappa shape index (κ3) is 3.16.